The normalized spacial score (nSPS) is 20.6. The number of nitrogens with one attached hydrogen (secondary N) is 1. The molecule has 0 bridgehead atoms. The number of fused-ring (bicyclic) bond motifs is 2. The topological polar surface area (TPSA) is 128 Å². The monoisotopic (exact) mass is 659 g/mol. The predicted octanol–water partition coefficient (Wildman–Crippen LogP) is 8.25. The van der Waals surface area contributed by atoms with E-state index in [2.05, 4.69) is 16.0 Å². The van der Waals surface area contributed by atoms with E-state index in [1.807, 2.05) is 54.9 Å². The number of ether oxygens (including phenoxy) is 1. The van der Waals surface area contributed by atoms with Crippen LogP contribution in [0, 0.1) is 11.8 Å². The number of hydrogen-bond donors (Lipinski definition) is 3. The number of aromatic nitrogens is 2. The van der Waals surface area contributed by atoms with Gasteiger partial charge in [-0.3, -0.25) is 9.59 Å². The minimum atomic E-state index is -0.474. The maximum absolute atomic E-state index is 14.3. The number of phenols is 2. The first-order chi connectivity index (χ1) is 23.9. The van der Waals surface area contributed by atoms with Gasteiger partial charge in [0.2, 0.25) is 0 Å². The van der Waals surface area contributed by atoms with Crippen LogP contribution in [0.1, 0.15) is 91.7 Å². The molecule has 8 nitrogen and oxygen atoms in total. The number of aromatic hydroxyl groups is 2. The molecule has 2 aromatic heterocycles. The number of carbonyl (C=O) groups is 2. The Balaban J connectivity index is 1.07. The molecule has 4 aromatic rings. The van der Waals surface area contributed by atoms with Crippen LogP contribution in [0.5, 0.6) is 17.2 Å². The first-order valence-electron chi connectivity index (χ1n) is 17.9. The summed E-state index contributed by atoms with van der Waals surface area (Å²) in [5.41, 5.74) is 5.99. The fourth-order valence-electron chi connectivity index (χ4n) is 8.19. The molecule has 2 heterocycles. The van der Waals surface area contributed by atoms with Gasteiger partial charge in [-0.05, 0) is 117 Å². The fraction of sp³-hybridized carbons (Fsp3) is 0.415. The van der Waals surface area contributed by atoms with Gasteiger partial charge < -0.3 is 30.2 Å². The lowest BCUT2D eigenvalue weighted by molar-refractivity contribution is -0.129. The Hall–Kier alpha value is -4.72. The van der Waals surface area contributed by atoms with Crippen molar-refractivity contribution in [2.24, 2.45) is 11.8 Å². The third-order valence-electron chi connectivity index (χ3n) is 10.8. The number of H-pyrrole nitrogens is 1. The Morgan fingerprint density at radius 1 is 0.959 bits per heavy atom. The first-order valence-corrected chi connectivity index (χ1v) is 17.9. The van der Waals surface area contributed by atoms with E-state index < -0.39 is 5.92 Å². The Kier molecular flexibility index (Phi) is 9.92. The molecule has 3 N–H and O–H groups in total. The second-order valence-corrected chi connectivity index (χ2v) is 14.1. The van der Waals surface area contributed by atoms with Crippen molar-refractivity contribution < 1.29 is 24.5 Å². The molecule has 49 heavy (non-hydrogen) atoms. The lowest BCUT2D eigenvalue weighted by Crippen LogP contribution is -2.31. The number of aryl methyl sites for hydroxylation is 2. The quantitative estimate of drug-likeness (QED) is 0.0980. The van der Waals surface area contributed by atoms with Crippen LogP contribution in [0.4, 0.5) is 5.82 Å². The van der Waals surface area contributed by atoms with Crippen molar-refractivity contribution in [3.8, 4) is 17.2 Å². The Morgan fingerprint density at radius 3 is 2.65 bits per heavy atom. The van der Waals surface area contributed by atoms with Crippen molar-refractivity contribution in [3.05, 3.63) is 106 Å². The van der Waals surface area contributed by atoms with Gasteiger partial charge in [0.15, 0.2) is 11.5 Å². The molecule has 8 heteroatoms. The molecule has 256 valence electrons. The minimum absolute atomic E-state index is 0.0692. The number of ketones is 2. The maximum atomic E-state index is 14.3. The third-order valence-corrected chi connectivity index (χ3v) is 10.8. The Labute approximate surface area is 288 Å². The van der Waals surface area contributed by atoms with E-state index in [0.29, 0.717) is 30.4 Å². The molecule has 0 aliphatic heterocycles. The Bertz CT molecular complexity index is 1800. The molecule has 2 aromatic carbocycles. The van der Waals surface area contributed by atoms with E-state index in [1.54, 1.807) is 12.1 Å². The zero-order valence-corrected chi connectivity index (χ0v) is 27.9. The smallest absolute Gasteiger partial charge is 0.161 e. The van der Waals surface area contributed by atoms with Crippen LogP contribution in [-0.2, 0) is 28.9 Å². The van der Waals surface area contributed by atoms with Crippen LogP contribution in [-0.4, -0.2) is 39.4 Å². The van der Waals surface area contributed by atoms with Crippen molar-refractivity contribution in [3.63, 3.8) is 0 Å². The van der Waals surface area contributed by atoms with Gasteiger partial charge in [-0.2, -0.15) is 6.20 Å². The van der Waals surface area contributed by atoms with E-state index in [0.717, 1.165) is 91.6 Å². The van der Waals surface area contributed by atoms with Gasteiger partial charge in [0.1, 0.15) is 17.3 Å². The Morgan fingerprint density at radius 2 is 1.82 bits per heavy atom. The molecule has 7 rings (SSSR count). The number of phenolic OH excluding ortho intramolecular Hbond substituents is 2. The molecule has 0 amide bonds. The van der Waals surface area contributed by atoms with Crippen molar-refractivity contribution in [1.29, 1.82) is 0 Å². The molecule has 0 radical (unpaired) electrons. The summed E-state index contributed by atoms with van der Waals surface area (Å²) >= 11 is 0. The van der Waals surface area contributed by atoms with Crippen molar-refractivity contribution in [1.82, 2.24) is 9.97 Å². The van der Waals surface area contributed by atoms with Gasteiger partial charge >= 0.3 is 0 Å². The second-order valence-electron chi connectivity index (χ2n) is 14.1. The van der Waals surface area contributed by atoms with E-state index in [1.165, 1.54) is 5.56 Å². The summed E-state index contributed by atoms with van der Waals surface area (Å²) in [7, 11) is 0. The highest BCUT2D eigenvalue weighted by Gasteiger charge is 2.37. The average molecular weight is 660 g/mol. The SMILES string of the molecule is O=C(CCc1ccc(O)c(OC2CCCC2)c1)CC(=O)[C@@H]1C(C[N-]c2ccc[nH]2)=Cc2[n-]ccc2[C@H]1C[C@H]1CCc2cccc(O)c2CC1. The largest absolute Gasteiger partial charge is 0.664 e. The van der Waals surface area contributed by atoms with Crippen LogP contribution in [0.2, 0.25) is 0 Å². The minimum Gasteiger partial charge on any atom is -0.664 e. The molecule has 0 saturated heterocycles. The van der Waals surface area contributed by atoms with Crippen molar-refractivity contribution in [2.75, 3.05) is 6.54 Å². The molecule has 1 fully saturated rings. The second kappa shape index (κ2) is 14.8. The number of benzene rings is 2. The summed E-state index contributed by atoms with van der Waals surface area (Å²) in [5.74, 6) is 1.29. The molecular formula is C41H45N3O5-2. The molecule has 3 aliphatic rings. The number of nitrogens with zero attached hydrogens (tertiary/aromatic N) is 2. The van der Waals surface area contributed by atoms with Crippen molar-refractivity contribution >= 4 is 23.5 Å². The van der Waals surface area contributed by atoms with Crippen LogP contribution < -0.4 is 9.72 Å². The number of hydrogen-bond acceptors (Lipinski definition) is 5. The van der Waals surface area contributed by atoms with Gasteiger partial charge in [-0.15, -0.1) is 5.69 Å². The number of rotatable bonds is 13. The summed E-state index contributed by atoms with van der Waals surface area (Å²) < 4.78 is 6.06. The highest BCUT2D eigenvalue weighted by molar-refractivity contribution is 6.02. The lowest BCUT2D eigenvalue weighted by atomic mass is 9.69. The number of Topliss-reactive ketones (excluding diaryl/α,β-unsaturated/α-hetero) is 2. The summed E-state index contributed by atoms with van der Waals surface area (Å²) in [6, 6.07) is 16.9. The lowest BCUT2D eigenvalue weighted by Gasteiger charge is -2.37. The average Bonchev–Trinajstić information content (AvgIpc) is 3.88. The third kappa shape index (κ3) is 7.64. The van der Waals surface area contributed by atoms with Gasteiger partial charge in [0, 0.05) is 12.3 Å². The van der Waals surface area contributed by atoms with Gasteiger partial charge in [0.05, 0.1) is 12.5 Å². The molecule has 3 aliphatic carbocycles. The van der Waals surface area contributed by atoms with Gasteiger partial charge in [0.25, 0.3) is 0 Å². The van der Waals surface area contributed by atoms with Crippen LogP contribution in [0.3, 0.4) is 0 Å². The molecular weight excluding hydrogens is 614 g/mol. The summed E-state index contributed by atoms with van der Waals surface area (Å²) in [6.07, 6.45) is 15.0. The van der Waals surface area contributed by atoms with Crippen LogP contribution in [0.15, 0.2) is 72.6 Å². The molecule has 0 unspecified atom stereocenters. The van der Waals surface area contributed by atoms with Crippen molar-refractivity contribution in [2.45, 2.75) is 89.1 Å². The van der Waals surface area contributed by atoms with Crippen LogP contribution in [0.25, 0.3) is 11.4 Å². The standard InChI is InChI=1S/C41H45N3O5/c45-30(15-11-27-13-17-37(47)39(22-27)49-31-6-1-2-7-31)24-38(48)41-29(25-44-40-9-4-19-43-40)23-35-33(18-20-42-35)34(41)21-26-10-14-28-5-3-8-36(46)32(28)16-12-26/h3-5,8-9,13,17-20,22-23,26,31,34,41,43,46-47H,1-2,6-7,10-12,14-16,21,24-25H2/q-2/t26-,34+,41+/m0/s1. The van der Waals surface area contributed by atoms with E-state index in [-0.39, 0.29) is 42.2 Å². The van der Waals surface area contributed by atoms with Gasteiger partial charge in [-0.1, -0.05) is 65.6 Å². The van der Waals surface area contributed by atoms with Crippen LogP contribution >= 0.6 is 0 Å². The highest BCUT2D eigenvalue weighted by atomic mass is 16.5. The first kappa shape index (κ1) is 32.8. The zero-order chi connectivity index (χ0) is 33.7. The zero-order valence-electron chi connectivity index (χ0n) is 27.9. The number of carbonyl (C=O) groups excluding carboxylic acids is 2. The summed E-state index contributed by atoms with van der Waals surface area (Å²) in [6.45, 7) is 0.342. The fourth-order valence-corrected chi connectivity index (χ4v) is 8.19. The van der Waals surface area contributed by atoms with E-state index in [9.17, 15) is 19.8 Å². The summed E-state index contributed by atoms with van der Waals surface area (Å²) in [4.78, 5) is 35.6. The molecule has 0 spiro atoms. The maximum Gasteiger partial charge on any atom is 0.161 e. The predicted molar refractivity (Wildman–Crippen MR) is 189 cm³/mol. The van der Waals surface area contributed by atoms with E-state index in [4.69, 9.17) is 10.1 Å². The highest BCUT2D eigenvalue weighted by Crippen LogP contribution is 2.46. The molecule has 1 saturated carbocycles. The van der Waals surface area contributed by atoms with E-state index >= 15 is 0 Å². The molecule has 3 atom stereocenters. The number of aromatic amines is 1. The van der Waals surface area contributed by atoms with Gasteiger partial charge in [-0.25, -0.2) is 0 Å². The summed E-state index contributed by atoms with van der Waals surface area (Å²) in [5, 5.41) is 25.7.